The number of benzene rings is 1. The minimum atomic E-state index is -3.73. The molecule has 11 heteroatoms. The molecule has 0 spiro atoms. The van der Waals surface area contributed by atoms with Crippen LogP contribution in [0.15, 0.2) is 41.0 Å². The van der Waals surface area contributed by atoms with E-state index in [1.165, 1.54) is 14.2 Å². The number of aliphatic hydroxyl groups excluding tert-OH is 1. The van der Waals surface area contributed by atoms with Crippen molar-refractivity contribution in [3.8, 4) is 17.2 Å². The number of ether oxygens (including phenoxy) is 2. The summed E-state index contributed by atoms with van der Waals surface area (Å²) < 4.78 is 42.0. The Morgan fingerprint density at radius 1 is 1.30 bits per heavy atom. The van der Waals surface area contributed by atoms with Gasteiger partial charge in [-0.25, -0.2) is 8.42 Å². The summed E-state index contributed by atoms with van der Waals surface area (Å²) in [6.07, 6.45) is 7.76. The molecule has 1 heterocycles. The fourth-order valence-electron chi connectivity index (χ4n) is 4.63. The smallest absolute Gasteiger partial charge is 0.243 e. The third kappa shape index (κ3) is 7.42. The van der Waals surface area contributed by atoms with E-state index in [-0.39, 0.29) is 12.8 Å². The van der Waals surface area contributed by atoms with Crippen molar-refractivity contribution in [2.45, 2.75) is 52.2 Å². The molecule has 2 aromatic rings. The first-order valence-corrected chi connectivity index (χ1v) is 13.5. The van der Waals surface area contributed by atoms with Crippen molar-refractivity contribution in [3.05, 3.63) is 41.9 Å². The molecule has 1 aliphatic rings. The van der Waals surface area contributed by atoms with Crippen LogP contribution in [0.1, 0.15) is 54.2 Å². The Bertz CT molecular complexity index is 1210. The predicted molar refractivity (Wildman–Crippen MR) is 150 cm³/mol. The summed E-state index contributed by atoms with van der Waals surface area (Å²) in [7, 11) is 0.337. The van der Waals surface area contributed by atoms with Crippen molar-refractivity contribution < 1.29 is 24.4 Å². The highest BCUT2D eigenvalue weighted by Crippen LogP contribution is 2.47. The first kappa shape index (κ1) is 30.0. The molecule has 2 N–H and O–H groups in total. The second-order valence-electron chi connectivity index (χ2n) is 9.75. The van der Waals surface area contributed by atoms with Crippen LogP contribution in [0, 0.1) is 11.3 Å². The lowest BCUT2D eigenvalue weighted by atomic mass is 9.63. The maximum absolute atomic E-state index is 13.3. The first-order valence-electron chi connectivity index (χ1n) is 11.9. The van der Waals surface area contributed by atoms with Gasteiger partial charge in [0.15, 0.2) is 5.82 Å². The number of aliphatic imine (C=N–C) groups is 1. The molecular weight excluding hydrogens is 494 g/mol. The van der Waals surface area contributed by atoms with Crippen LogP contribution >= 0.6 is 0 Å². The number of hydrogen-bond acceptors (Lipinski definition) is 8. The van der Waals surface area contributed by atoms with Crippen molar-refractivity contribution in [2.24, 2.45) is 16.3 Å². The highest BCUT2D eigenvalue weighted by atomic mass is 32.2. The molecule has 0 amide bonds. The molecule has 206 valence electrons. The summed E-state index contributed by atoms with van der Waals surface area (Å²) in [5, 5.41) is 14.8. The molecular formula is C26H41N5O5S. The Morgan fingerprint density at radius 3 is 2.41 bits per heavy atom. The van der Waals surface area contributed by atoms with Gasteiger partial charge in [-0.1, -0.05) is 26.0 Å². The van der Waals surface area contributed by atoms with Crippen molar-refractivity contribution in [2.75, 3.05) is 26.1 Å². The Morgan fingerprint density at radius 2 is 1.89 bits per heavy atom. The number of allylic oxidation sites excluding steroid dienone is 2. The average Bonchev–Trinajstić information content (AvgIpc) is 3.23. The lowest BCUT2D eigenvalue weighted by Gasteiger charge is -2.43. The summed E-state index contributed by atoms with van der Waals surface area (Å²) in [5.74, 6) is 1.79. The number of nitrogens with one attached hydrogen (secondary N) is 1. The average molecular weight is 536 g/mol. The molecule has 3 rings (SSSR count). The summed E-state index contributed by atoms with van der Waals surface area (Å²) >= 11 is 0. The quantitative estimate of drug-likeness (QED) is 0.315. The van der Waals surface area contributed by atoms with Gasteiger partial charge in [0.25, 0.3) is 0 Å². The molecule has 1 atom stereocenters. The van der Waals surface area contributed by atoms with Crippen LogP contribution in [0.4, 0.5) is 5.95 Å². The SMILES string of the molecule is C=N/C=C(C)\C=C\c1nnc(NS(=O)(=O)[C@H](C)CC2CC(C)(C)C2)n1-c1c(OC)cccc1OC.CO.[HH]. The Labute approximate surface area is 221 Å². The Balaban J connectivity index is 0.00000235. The number of aromatic nitrogens is 3. The molecule has 0 saturated heterocycles. The number of nitrogens with zero attached hydrogens (tertiary/aromatic N) is 4. The topological polar surface area (TPSA) is 128 Å². The first-order chi connectivity index (χ1) is 17.5. The Kier molecular flexibility index (Phi) is 10.4. The molecule has 0 bridgehead atoms. The van der Waals surface area contributed by atoms with E-state index in [0.717, 1.165) is 25.5 Å². The zero-order chi connectivity index (χ0) is 27.8. The van der Waals surface area contributed by atoms with Crippen molar-refractivity contribution >= 4 is 28.8 Å². The second kappa shape index (κ2) is 12.9. The van der Waals surface area contributed by atoms with E-state index in [1.54, 1.807) is 48.0 Å². The minimum absolute atomic E-state index is 0. The van der Waals surface area contributed by atoms with Crippen LogP contribution in [0.5, 0.6) is 11.5 Å². The van der Waals surface area contributed by atoms with Gasteiger partial charge in [-0.05, 0) is 74.9 Å². The van der Waals surface area contributed by atoms with E-state index < -0.39 is 15.3 Å². The summed E-state index contributed by atoms with van der Waals surface area (Å²) in [6.45, 7) is 11.5. The highest BCUT2D eigenvalue weighted by molar-refractivity contribution is 7.93. The summed E-state index contributed by atoms with van der Waals surface area (Å²) in [4.78, 5) is 3.76. The van der Waals surface area contributed by atoms with Gasteiger partial charge < -0.3 is 14.6 Å². The third-order valence-electron chi connectivity index (χ3n) is 6.21. The van der Waals surface area contributed by atoms with Crippen LogP contribution in [-0.4, -0.2) is 61.6 Å². The largest absolute Gasteiger partial charge is 0.494 e. The number of methoxy groups -OCH3 is 2. The molecule has 1 aliphatic carbocycles. The van der Waals surface area contributed by atoms with Crippen molar-refractivity contribution in [1.82, 2.24) is 14.8 Å². The van der Waals surface area contributed by atoms with E-state index in [4.69, 9.17) is 14.6 Å². The van der Waals surface area contributed by atoms with Crippen LogP contribution in [0.25, 0.3) is 11.8 Å². The number of sulfonamides is 1. The fraction of sp³-hybridized carbons (Fsp3) is 0.500. The number of rotatable bonds is 11. The zero-order valence-corrected chi connectivity index (χ0v) is 23.5. The van der Waals surface area contributed by atoms with Gasteiger partial charge in [0, 0.05) is 14.7 Å². The predicted octanol–water partition coefficient (Wildman–Crippen LogP) is 4.71. The van der Waals surface area contributed by atoms with E-state index in [0.29, 0.717) is 35.3 Å². The van der Waals surface area contributed by atoms with E-state index in [2.05, 4.69) is 40.5 Å². The van der Waals surface area contributed by atoms with Crippen LogP contribution in [0.3, 0.4) is 0 Å². The van der Waals surface area contributed by atoms with Gasteiger partial charge in [-0.15, -0.1) is 10.2 Å². The molecule has 0 aliphatic heterocycles. The fourth-order valence-corrected chi connectivity index (χ4v) is 5.74. The maximum atomic E-state index is 13.3. The summed E-state index contributed by atoms with van der Waals surface area (Å²) in [5.41, 5.74) is 1.61. The number of anilines is 1. The van der Waals surface area contributed by atoms with Crippen LogP contribution in [-0.2, 0) is 10.0 Å². The lowest BCUT2D eigenvalue weighted by Crippen LogP contribution is -2.36. The highest BCUT2D eigenvalue weighted by Gasteiger charge is 2.38. The van der Waals surface area contributed by atoms with Gasteiger partial charge in [0.1, 0.15) is 17.2 Å². The zero-order valence-electron chi connectivity index (χ0n) is 22.7. The van der Waals surface area contributed by atoms with Crippen molar-refractivity contribution in [1.29, 1.82) is 0 Å². The van der Waals surface area contributed by atoms with E-state index in [1.807, 2.05) is 6.92 Å². The number of para-hydroxylation sites is 1. The van der Waals surface area contributed by atoms with Gasteiger partial charge >= 0.3 is 0 Å². The molecule has 1 aromatic heterocycles. The second-order valence-corrected chi connectivity index (χ2v) is 11.8. The number of hydrogen-bond donors (Lipinski definition) is 2. The molecule has 37 heavy (non-hydrogen) atoms. The molecule has 0 unspecified atom stereocenters. The molecule has 1 fully saturated rings. The van der Waals surface area contributed by atoms with Gasteiger partial charge in [0.2, 0.25) is 16.0 Å². The number of aliphatic hydroxyl groups is 1. The van der Waals surface area contributed by atoms with Crippen LogP contribution in [0.2, 0.25) is 0 Å². The monoisotopic (exact) mass is 535 g/mol. The third-order valence-corrected chi connectivity index (χ3v) is 7.93. The summed E-state index contributed by atoms with van der Waals surface area (Å²) in [6, 6.07) is 5.31. The molecule has 1 aromatic carbocycles. The normalized spacial score (nSPS) is 16.4. The molecule has 1 saturated carbocycles. The van der Waals surface area contributed by atoms with E-state index in [9.17, 15) is 8.42 Å². The van der Waals surface area contributed by atoms with Gasteiger partial charge in [-0.2, -0.15) is 0 Å². The van der Waals surface area contributed by atoms with Gasteiger partial charge in [0.05, 0.1) is 19.5 Å². The van der Waals surface area contributed by atoms with Crippen molar-refractivity contribution in [3.63, 3.8) is 0 Å². The molecule has 10 nitrogen and oxygen atoms in total. The minimum Gasteiger partial charge on any atom is -0.494 e. The van der Waals surface area contributed by atoms with Gasteiger partial charge in [-0.3, -0.25) is 14.3 Å². The molecule has 0 radical (unpaired) electrons. The lowest BCUT2D eigenvalue weighted by molar-refractivity contribution is 0.0899. The standard InChI is InChI=1S/C25H35N5O4S.CH4O.H2/c1-17(16-26-5)11-12-22-27-28-24(30(22)23-20(33-6)9-8-10-21(23)34-7)29-35(31,32)18(2)13-19-14-25(3,4)15-19;1-2;/h8-12,16,18-19H,5,13-15H2,1-4,6-7H3,(H,28,29);2H,1H3;1H/b12-11+,17-16-;;/t18-;;/m1../s1. The maximum Gasteiger partial charge on any atom is 0.243 e. The Hall–Kier alpha value is -3.18. The van der Waals surface area contributed by atoms with Crippen LogP contribution < -0.4 is 14.2 Å². The van der Waals surface area contributed by atoms with E-state index >= 15 is 0 Å².